The third-order valence-corrected chi connectivity index (χ3v) is 4.80. The lowest BCUT2D eigenvalue weighted by Gasteiger charge is -2.31. The molecule has 0 bridgehead atoms. The summed E-state index contributed by atoms with van der Waals surface area (Å²) < 4.78 is 18.1. The van der Waals surface area contributed by atoms with Crippen molar-refractivity contribution in [3.8, 4) is 11.3 Å². The number of aromatic amines is 1. The van der Waals surface area contributed by atoms with Crippen LogP contribution in [0.5, 0.6) is 0 Å². The molecular formula is C19H23FN4O3. The predicted molar refractivity (Wildman–Crippen MR) is 97.8 cm³/mol. The first-order chi connectivity index (χ1) is 13.0. The van der Waals surface area contributed by atoms with E-state index < -0.39 is 0 Å². The van der Waals surface area contributed by atoms with Crippen LogP contribution in [0.3, 0.4) is 0 Å². The summed E-state index contributed by atoms with van der Waals surface area (Å²) in [7, 11) is 3.06. The smallest absolute Gasteiger partial charge is 0.269 e. The lowest BCUT2D eigenvalue weighted by Crippen LogP contribution is -2.39. The van der Waals surface area contributed by atoms with Gasteiger partial charge in [0.25, 0.3) is 5.91 Å². The van der Waals surface area contributed by atoms with Crippen molar-refractivity contribution in [3.05, 3.63) is 41.6 Å². The van der Waals surface area contributed by atoms with E-state index in [-0.39, 0.29) is 30.2 Å². The number of methoxy groups -OCH3 is 1. The molecule has 1 aliphatic rings. The molecule has 1 fully saturated rings. The van der Waals surface area contributed by atoms with Crippen LogP contribution >= 0.6 is 0 Å². The van der Waals surface area contributed by atoms with Gasteiger partial charge in [0.1, 0.15) is 29.6 Å². The molecule has 0 atom stereocenters. The van der Waals surface area contributed by atoms with Crippen LogP contribution in [0.4, 0.5) is 4.39 Å². The minimum Gasteiger partial charge on any atom is -0.375 e. The normalized spacial score (nSPS) is 15.0. The standard InChI is InChI=1S/C19H23FN4O3/c1-21-19(26)17-16(12-3-5-14(20)6-4-12)22-18(23-17)13-7-9-24(10-8-13)15(25)11-27-2/h3-6,13H,7-11H2,1-2H3,(H,21,26)(H,22,23). The summed E-state index contributed by atoms with van der Waals surface area (Å²) in [6.07, 6.45) is 1.50. The fourth-order valence-corrected chi connectivity index (χ4v) is 3.31. The van der Waals surface area contributed by atoms with E-state index in [0.717, 1.165) is 12.8 Å². The van der Waals surface area contributed by atoms with Gasteiger partial charge < -0.3 is 19.9 Å². The molecule has 0 unspecified atom stereocenters. The van der Waals surface area contributed by atoms with Crippen LogP contribution in [0.15, 0.2) is 24.3 Å². The van der Waals surface area contributed by atoms with E-state index >= 15 is 0 Å². The summed E-state index contributed by atoms with van der Waals surface area (Å²) in [5, 5.41) is 2.60. The van der Waals surface area contributed by atoms with E-state index in [0.29, 0.717) is 35.9 Å². The first-order valence-electron chi connectivity index (χ1n) is 8.88. The van der Waals surface area contributed by atoms with Crippen molar-refractivity contribution in [3.63, 3.8) is 0 Å². The molecule has 0 aliphatic carbocycles. The molecule has 1 aromatic carbocycles. The van der Waals surface area contributed by atoms with E-state index in [9.17, 15) is 14.0 Å². The maximum Gasteiger partial charge on any atom is 0.269 e. The second-order valence-corrected chi connectivity index (χ2v) is 6.52. The molecule has 2 N–H and O–H groups in total. The Bertz CT molecular complexity index is 811. The van der Waals surface area contributed by atoms with Gasteiger partial charge in [0.05, 0.1) is 0 Å². The highest BCUT2D eigenvalue weighted by atomic mass is 19.1. The van der Waals surface area contributed by atoms with Crippen molar-refractivity contribution in [2.75, 3.05) is 33.9 Å². The summed E-state index contributed by atoms with van der Waals surface area (Å²) in [4.78, 5) is 33.8. The number of hydrogen-bond donors (Lipinski definition) is 2. The van der Waals surface area contributed by atoms with Crippen LogP contribution in [-0.4, -0.2) is 60.5 Å². The molecule has 1 aliphatic heterocycles. The second-order valence-electron chi connectivity index (χ2n) is 6.52. The number of ether oxygens (including phenoxy) is 1. The predicted octanol–water partition coefficient (Wildman–Crippen LogP) is 1.93. The third kappa shape index (κ3) is 4.16. The number of nitrogens with zero attached hydrogens (tertiary/aromatic N) is 2. The van der Waals surface area contributed by atoms with Gasteiger partial charge in [-0.05, 0) is 37.1 Å². The molecule has 144 valence electrons. The zero-order valence-electron chi connectivity index (χ0n) is 15.4. The molecule has 1 aromatic heterocycles. The van der Waals surface area contributed by atoms with Gasteiger partial charge in [0.15, 0.2) is 0 Å². The van der Waals surface area contributed by atoms with E-state index in [4.69, 9.17) is 4.74 Å². The zero-order valence-corrected chi connectivity index (χ0v) is 15.4. The van der Waals surface area contributed by atoms with E-state index in [1.54, 1.807) is 24.1 Å². The van der Waals surface area contributed by atoms with Crippen LogP contribution < -0.4 is 5.32 Å². The number of benzene rings is 1. The summed E-state index contributed by atoms with van der Waals surface area (Å²) in [6, 6.07) is 5.90. The first-order valence-corrected chi connectivity index (χ1v) is 8.88. The average molecular weight is 374 g/mol. The van der Waals surface area contributed by atoms with Gasteiger partial charge in [-0.3, -0.25) is 9.59 Å². The van der Waals surface area contributed by atoms with Crippen LogP contribution in [-0.2, 0) is 9.53 Å². The fourth-order valence-electron chi connectivity index (χ4n) is 3.31. The second kappa shape index (κ2) is 8.30. The Balaban J connectivity index is 1.82. The lowest BCUT2D eigenvalue weighted by atomic mass is 9.96. The van der Waals surface area contributed by atoms with Gasteiger partial charge in [-0.2, -0.15) is 0 Å². The topological polar surface area (TPSA) is 87.3 Å². The number of nitrogens with one attached hydrogen (secondary N) is 2. The monoisotopic (exact) mass is 374 g/mol. The maximum atomic E-state index is 13.2. The minimum atomic E-state index is -0.343. The number of aromatic nitrogens is 2. The number of imidazole rings is 1. The minimum absolute atomic E-state index is 0.0200. The van der Waals surface area contributed by atoms with Gasteiger partial charge in [-0.25, -0.2) is 9.37 Å². The highest BCUT2D eigenvalue weighted by Crippen LogP contribution is 2.30. The number of rotatable bonds is 5. The summed E-state index contributed by atoms with van der Waals surface area (Å²) in [5.74, 6) is 0.194. The van der Waals surface area contributed by atoms with Crippen LogP contribution in [0, 0.1) is 5.82 Å². The molecule has 1 saturated heterocycles. The Morgan fingerprint density at radius 2 is 1.96 bits per heavy atom. The van der Waals surface area contributed by atoms with Gasteiger partial charge in [0, 0.05) is 38.7 Å². The van der Waals surface area contributed by atoms with Crippen molar-refractivity contribution >= 4 is 11.8 Å². The van der Waals surface area contributed by atoms with Crippen molar-refractivity contribution in [2.45, 2.75) is 18.8 Å². The van der Waals surface area contributed by atoms with Gasteiger partial charge in [0.2, 0.25) is 5.91 Å². The molecule has 3 rings (SSSR count). The molecule has 2 heterocycles. The summed E-state index contributed by atoms with van der Waals surface area (Å²) >= 11 is 0. The number of halogens is 1. The number of hydrogen-bond acceptors (Lipinski definition) is 4. The molecule has 8 heteroatoms. The molecule has 2 aromatic rings. The molecule has 2 amide bonds. The molecule has 7 nitrogen and oxygen atoms in total. The average Bonchev–Trinajstić information content (AvgIpc) is 3.13. The number of amides is 2. The van der Waals surface area contributed by atoms with Crippen molar-refractivity contribution < 1.29 is 18.7 Å². The Morgan fingerprint density at radius 3 is 2.56 bits per heavy atom. The molecule has 0 saturated carbocycles. The first kappa shape index (κ1) is 19.0. The largest absolute Gasteiger partial charge is 0.375 e. The summed E-state index contributed by atoms with van der Waals surface area (Å²) in [6.45, 7) is 1.32. The number of H-pyrrole nitrogens is 1. The Morgan fingerprint density at radius 1 is 1.30 bits per heavy atom. The van der Waals surface area contributed by atoms with Crippen molar-refractivity contribution in [1.82, 2.24) is 20.2 Å². The van der Waals surface area contributed by atoms with Gasteiger partial charge in [-0.15, -0.1) is 0 Å². The Kier molecular flexibility index (Phi) is 5.85. The number of piperidine rings is 1. The van der Waals surface area contributed by atoms with Crippen LogP contribution in [0.25, 0.3) is 11.3 Å². The zero-order chi connectivity index (χ0) is 19.4. The fraction of sp³-hybridized carbons (Fsp3) is 0.421. The highest BCUT2D eigenvalue weighted by Gasteiger charge is 2.28. The van der Waals surface area contributed by atoms with Crippen molar-refractivity contribution in [2.24, 2.45) is 0 Å². The SMILES string of the molecule is CNC(=O)c1[nH]c(C2CCN(C(=O)COC)CC2)nc1-c1ccc(F)cc1. The Hall–Kier alpha value is -2.74. The van der Waals surface area contributed by atoms with Crippen LogP contribution in [0.1, 0.15) is 35.1 Å². The Labute approximate surface area is 156 Å². The van der Waals surface area contributed by atoms with E-state index in [1.807, 2.05) is 0 Å². The molecular weight excluding hydrogens is 351 g/mol. The van der Waals surface area contributed by atoms with E-state index in [1.165, 1.54) is 19.2 Å². The van der Waals surface area contributed by atoms with Crippen molar-refractivity contribution in [1.29, 1.82) is 0 Å². The molecule has 0 spiro atoms. The van der Waals surface area contributed by atoms with Gasteiger partial charge in [-0.1, -0.05) is 0 Å². The maximum absolute atomic E-state index is 13.2. The summed E-state index contributed by atoms with van der Waals surface area (Å²) in [5.41, 5.74) is 1.53. The molecule has 27 heavy (non-hydrogen) atoms. The van der Waals surface area contributed by atoms with Crippen LogP contribution in [0.2, 0.25) is 0 Å². The quantitative estimate of drug-likeness (QED) is 0.837. The molecule has 0 radical (unpaired) electrons. The number of carbonyl (C=O) groups excluding carboxylic acids is 2. The van der Waals surface area contributed by atoms with Gasteiger partial charge >= 0.3 is 0 Å². The highest BCUT2D eigenvalue weighted by molar-refractivity contribution is 5.98. The lowest BCUT2D eigenvalue weighted by molar-refractivity contribution is -0.136. The number of carbonyl (C=O) groups is 2. The third-order valence-electron chi connectivity index (χ3n) is 4.80. The number of likely N-dealkylation sites (tertiary alicyclic amines) is 1. The van der Waals surface area contributed by atoms with E-state index in [2.05, 4.69) is 15.3 Å².